The fourth-order valence-electron chi connectivity index (χ4n) is 3.90. The van der Waals surface area contributed by atoms with Crippen molar-refractivity contribution in [2.45, 2.75) is 12.5 Å². The van der Waals surface area contributed by atoms with Crippen LogP contribution in [0.15, 0.2) is 42.0 Å². The molecule has 8 nitrogen and oxygen atoms in total. The predicted molar refractivity (Wildman–Crippen MR) is 125 cm³/mol. The number of aliphatic hydroxyl groups excluding tert-OH is 1. The van der Waals surface area contributed by atoms with Crippen molar-refractivity contribution in [2.75, 3.05) is 41.4 Å². The maximum absolute atomic E-state index is 13.1. The van der Waals surface area contributed by atoms with Gasteiger partial charge in [-0.1, -0.05) is 17.7 Å². The number of ether oxygens (including phenoxy) is 2. The van der Waals surface area contributed by atoms with Crippen LogP contribution in [0.1, 0.15) is 23.6 Å². The summed E-state index contributed by atoms with van der Waals surface area (Å²) in [7, 11) is 6.68. The molecule has 0 aliphatic carbocycles. The molecule has 1 heterocycles. The van der Waals surface area contributed by atoms with Crippen LogP contribution in [-0.2, 0) is 9.59 Å². The number of halogens is 1. The molecule has 1 fully saturated rings. The first-order valence-electron chi connectivity index (χ1n) is 10.3. The Morgan fingerprint density at radius 3 is 2.36 bits per heavy atom. The number of benzene rings is 2. The third kappa shape index (κ3) is 4.91. The molecule has 1 atom stereocenters. The Morgan fingerprint density at radius 2 is 1.76 bits per heavy atom. The molecule has 1 aliphatic heterocycles. The molecule has 0 bridgehead atoms. The number of Topliss-reactive ketones (excluding diaryl/α,β-unsaturated/α-hetero) is 1. The molecular formula is C24H27ClN2O6. The molecule has 0 radical (unpaired) electrons. The highest BCUT2D eigenvalue weighted by atomic mass is 35.5. The molecular weight excluding hydrogens is 448 g/mol. The van der Waals surface area contributed by atoms with Crippen LogP contribution in [0.25, 0.3) is 5.76 Å². The van der Waals surface area contributed by atoms with E-state index in [2.05, 4.69) is 0 Å². The van der Waals surface area contributed by atoms with Gasteiger partial charge in [-0.3, -0.25) is 9.59 Å². The summed E-state index contributed by atoms with van der Waals surface area (Å²) in [5.41, 5.74) is 0.550. The molecule has 1 aliphatic rings. The van der Waals surface area contributed by atoms with Gasteiger partial charge in [0.1, 0.15) is 11.5 Å². The molecule has 0 spiro atoms. The van der Waals surface area contributed by atoms with Crippen molar-refractivity contribution in [2.24, 2.45) is 0 Å². The largest absolute Gasteiger partial charge is 0.507 e. The summed E-state index contributed by atoms with van der Waals surface area (Å²) in [6.45, 7) is 0.982. The number of carbonyl (C=O) groups is 2. The Balaban J connectivity index is 2.19. The Labute approximate surface area is 197 Å². The summed E-state index contributed by atoms with van der Waals surface area (Å²) in [5.74, 6) is -1.54. The summed E-state index contributed by atoms with van der Waals surface area (Å²) in [6.07, 6.45) is 0.610. The topological polar surface area (TPSA) is 99.5 Å². The van der Waals surface area contributed by atoms with Crippen molar-refractivity contribution < 1.29 is 29.3 Å². The van der Waals surface area contributed by atoms with E-state index in [0.717, 1.165) is 0 Å². The number of phenols is 1. The smallest absolute Gasteiger partial charge is 0.295 e. The van der Waals surface area contributed by atoms with Gasteiger partial charge in [0, 0.05) is 11.6 Å². The highest BCUT2D eigenvalue weighted by Gasteiger charge is 2.46. The van der Waals surface area contributed by atoms with Gasteiger partial charge in [0.05, 0.1) is 31.4 Å². The maximum Gasteiger partial charge on any atom is 0.295 e. The first kappa shape index (κ1) is 24.4. The number of aliphatic hydroxyl groups is 1. The van der Waals surface area contributed by atoms with Crippen LogP contribution in [0, 0.1) is 0 Å². The Bertz CT molecular complexity index is 1100. The Morgan fingerprint density at radius 1 is 1.09 bits per heavy atom. The van der Waals surface area contributed by atoms with Gasteiger partial charge in [-0.15, -0.1) is 0 Å². The zero-order valence-corrected chi connectivity index (χ0v) is 19.7. The second-order valence-corrected chi connectivity index (χ2v) is 8.36. The third-order valence-electron chi connectivity index (χ3n) is 5.48. The minimum absolute atomic E-state index is 0.102. The molecule has 3 rings (SSSR count). The third-order valence-corrected chi connectivity index (χ3v) is 5.71. The van der Waals surface area contributed by atoms with Crippen molar-refractivity contribution >= 4 is 29.1 Å². The number of ketones is 1. The normalized spacial score (nSPS) is 17.6. The SMILES string of the molecule is COc1ccc(C2/C(=C(\O)c3cc(Cl)ccc3OC)C(=O)C(=O)N2CCCN(C)C)cc1O. The lowest BCUT2D eigenvalue weighted by Gasteiger charge is -2.26. The highest BCUT2D eigenvalue weighted by molar-refractivity contribution is 6.46. The number of likely N-dealkylation sites (tertiary alicyclic amines) is 1. The average molecular weight is 475 g/mol. The summed E-state index contributed by atoms with van der Waals surface area (Å²) < 4.78 is 10.4. The van der Waals surface area contributed by atoms with Crippen LogP contribution in [0.2, 0.25) is 5.02 Å². The average Bonchev–Trinajstić information content (AvgIpc) is 3.03. The quantitative estimate of drug-likeness (QED) is 0.343. The number of hydrogen-bond donors (Lipinski definition) is 2. The van der Waals surface area contributed by atoms with Crippen LogP contribution in [0.3, 0.4) is 0 Å². The molecule has 1 saturated heterocycles. The van der Waals surface area contributed by atoms with Gasteiger partial charge in [0.25, 0.3) is 11.7 Å². The minimum atomic E-state index is -0.910. The van der Waals surface area contributed by atoms with Crippen molar-refractivity contribution in [3.63, 3.8) is 0 Å². The van der Waals surface area contributed by atoms with Crippen LogP contribution < -0.4 is 9.47 Å². The summed E-state index contributed by atoms with van der Waals surface area (Å²) in [6, 6.07) is 8.34. The monoisotopic (exact) mass is 474 g/mol. The van der Waals surface area contributed by atoms with Crippen LogP contribution in [-0.4, -0.2) is 73.1 Å². The lowest BCUT2D eigenvalue weighted by Crippen LogP contribution is -2.32. The van der Waals surface area contributed by atoms with E-state index < -0.39 is 23.5 Å². The van der Waals surface area contributed by atoms with Crippen molar-refractivity contribution in [3.05, 3.63) is 58.1 Å². The van der Waals surface area contributed by atoms with Gasteiger partial charge in [0.2, 0.25) is 0 Å². The van der Waals surface area contributed by atoms with E-state index in [9.17, 15) is 19.8 Å². The molecule has 2 aromatic carbocycles. The molecule has 0 aromatic heterocycles. The highest BCUT2D eigenvalue weighted by Crippen LogP contribution is 2.43. The summed E-state index contributed by atoms with van der Waals surface area (Å²) in [4.78, 5) is 29.5. The van der Waals surface area contributed by atoms with E-state index in [1.54, 1.807) is 24.3 Å². The summed E-state index contributed by atoms with van der Waals surface area (Å²) in [5, 5.41) is 21.9. The van der Waals surface area contributed by atoms with Gasteiger partial charge >= 0.3 is 0 Å². The molecule has 2 N–H and O–H groups in total. The molecule has 33 heavy (non-hydrogen) atoms. The van der Waals surface area contributed by atoms with E-state index in [4.69, 9.17) is 21.1 Å². The van der Waals surface area contributed by atoms with Crippen molar-refractivity contribution in [3.8, 4) is 17.2 Å². The zero-order chi connectivity index (χ0) is 24.3. The van der Waals surface area contributed by atoms with Crippen molar-refractivity contribution in [1.29, 1.82) is 0 Å². The summed E-state index contributed by atoms with van der Waals surface area (Å²) >= 11 is 6.12. The number of phenolic OH excluding ortho intramolecular Hbond substituents is 1. The van der Waals surface area contributed by atoms with E-state index in [-0.39, 0.29) is 29.2 Å². The number of methoxy groups -OCH3 is 2. The van der Waals surface area contributed by atoms with Crippen LogP contribution >= 0.6 is 11.6 Å². The second-order valence-electron chi connectivity index (χ2n) is 7.93. The van der Waals surface area contributed by atoms with Gasteiger partial charge < -0.3 is 29.5 Å². The Hall–Kier alpha value is -3.23. The van der Waals surface area contributed by atoms with Crippen molar-refractivity contribution in [1.82, 2.24) is 9.80 Å². The minimum Gasteiger partial charge on any atom is -0.507 e. The molecule has 0 saturated carbocycles. The fraction of sp³-hybridized carbons (Fsp3) is 0.333. The van der Waals surface area contributed by atoms with Crippen LogP contribution in [0.5, 0.6) is 17.2 Å². The number of aromatic hydroxyl groups is 1. The number of carbonyl (C=O) groups excluding carboxylic acids is 2. The first-order chi connectivity index (χ1) is 15.7. The lowest BCUT2D eigenvalue weighted by molar-refractivity contribution is -0.139. The second kappa shape index (κ2) is 10.1. The first-order valence-corrected chi connectivity index (χ1v) is 10.7. The lowest BCUT2D eigenvalue weighted by atomic mass is 9.94. The molecule has 9 heteroatoms. The molecule has 2 aromatic rings. The number of nitrogens with zero attached hydrogens (tertiary/aromatic N) is 2. The molecule has 1 amide bonds. The number of amides is 1. The predicted octanol–water partition coefficient (Wildman–Crippen LogP) is 3.44. The van der Waals surface area contributed by atoms with E-state index >= 15 is 0 Å². The molecule has 1 unspecified atom stereocenters. The Kier molecular flexibility index (Phi) is 7.50. The van der Waals surface area contributed by atoms with Gasteiger partial charge in [0.15, 0.2) is 11.5 Å². The van der Waals surface area contributed by atoms with E-state index in [1.165, 1.54) is 31.3 Å². The maximum atomic E-state index is 13.1. The van der Waals surface area contributed by atoms with Crippen LogP contribution in [0.4, 0.5) is 0 Å². The van der Waals surface area contributed by atoms with Gasteiger partial charge in [-0.05, 0) is 63.0 Å². The molecule has 176 valence electrons. The van der Waals surface area contributed by atoms with Gasteiger partial charge in [-0.2, -0.15) is 0 Å². The number of hydrogen-bond acceptors (Lipinski definition) is 7. The van der Waals surface area contributed by atoms with E-state index in [0.29, 0.717) is 29.3 Å². The number of rotatable bonds is 8. The fourth-order valence-corrected chi connectivity index (χ4v) is 4.07. The zero-order valence-electron chi connectivity index (χ0n) is 19.0. The van der Waals surface area contributed by atoms with Gasteiger partial charge in [-0.25, -0.2) is 0 Å². The standard InChI is InChI=1S/C24H27ClN2O6/c1-26(2)10-5-11-27-21(14-6-8-19(33-4)17(28)12-14)20(23(30)24(27)31)22(29)16-13-15(25)7-9-18(16)32-3/h6-9,12-13,21,28-29H,5,10-11H2,1-4H3/b22-20+. The van der Waals surface area contributed by atoms with E-state index in [1.807, 2.05) is 19.0 Å².